The summed E-state index contributed by atoms with van der Waals surface area (Å²) in [6, 6.07) is 0.110. The Morgan fingerprint density at radius 3 is 2.40 bits per heavy atom. The lowest BCUT2D eigenvalue weighted by Gasteiger charge is -2.26. The van der Waals surface area contributed by atoms with Crippen LogP contribution in [0.4, 0.5) is 0 Å². The summed E-state index contributed by atoms with van der Waals surface area (Å²) in [4.78, 5) is 0. The number of nitrogens with one attached hydrogen (secondary N) is 1. The lowest BCUT2D eigenvalue weighted by atomic mass is 10.2. The van der Waals surface area contributed by atoms with E-state index in [9.17, 15) is 8.42 Å². The third kappa shape index (κ3) is 1.32. The molecule has 1 fully saturated rings. The summed E-state index contributed by atoms with van der Waals surface area (Å²) in [5.41, 5.74) is 0. The zero-order valence-corrected chi connectivity index (χ0v) is 7.11. The van der Waals surface area contributed by atoms with Gasteiger partial charge in [-0.1, -0.05) is 0 Å². The van der Waals surface area contributed by atoms with E-state index in [0.29, 0.717) is 12.3 Å². The molecule has 0 aromatic rings. The van der Waals surface area contributed by atoms with Crippen LogP contribution in [-0.4, -0.2) is 32.0 Å². The van der Waals surface area contributed by atoms with Crippen LogP contribution in [-0.2, 0) is 9.84 Å². The van der Waals surface area contributed by atoms with Gasteiger partial charge in [-0.3, -0.25) is 0 Å². The number of rotatable bonds is 0. The molecule has 60 valence electrons. The van der Waals surface area contributed by atoms with E-state index in [1.54, 1.807) is 6.92 Å². The van der Waals surface area contributed by atoms with E-state index in [2.05, 4.69) is 5.32 Å². The van der Waals surface area contributed by atoms with Crippen molar-refractivity contribution >= 4 is 9.84 Å². The number of hydrogen-bond acceptors (Lipinski definition) is 3. The van der Waals surface area contributed by atoms with Gasteiger partial charge in [-0.15, -0.1) is 0 Å². The summed E-state index contributed by atoms with van der Waals surface area (Å²) in [6.07, 6.45) is 0. The standard InChI is InChI=1S/C6H13NO2S/c1-5-6(2)10(8,9)4-3-7-5/h5-7H,3-4H2,1-2H3/t5-,6+/m0/s1. The molecule has 2 atom stereocenters. The second-order valence-corrected chi connectivity index (χ2v) is 5.29. The van der Waals surface area contributed by atoms with E-state index in [-0.39, 0.29) is 11.3 Å². The minimum Gasteiger partial charge on any atom is -0.312 e. The average Bonchev–Trinajstić information content (AvgIpc) is 1.83. The Morgan fingerprint density at radius 1 is 1.40 bits per heavy atom. The van der Waals surface area contributed by atoms with E-state index in [1.807, 2.05) is 6.92 Å². The third-order valence-corrected chi connectivity index (χ3v) is 4.44. The quantitative estimate of drug-likeness (QED) is 0.537. The van der Waals surface area contributed by atoms with Gasteiger partial charge in [-0.25, -0.2) is 8.42 Å². The maximum atomic E-state index is 11.2. The molecule has 3 nitrogen and oxygen atoms in total. The minimum absolute atomic E-state index is 0.110. The first-order valence-corrected chi connectivity index (χ1v) is 5.20. The smallest absolute Gasteiger partial charge is 0.155 e. The lowest BCUT2D eigenvalue weighted by molar-refractivity contribution is 0.493. The maximum Gasteiger partial charge on any atom is 0.155 e. The van der Waals surface area contributed by atoms with Crippen molar-refractivity contribution in [2.24, 2.45) is 0 Å². The number of hydrogen-bond donors (Lipinski definition) is 1. The monoisotopic (exact) mass is 163 g/mol. The highest BCUT2D eigenvalue weighted by Crippen LogP contribution is 2.10. The van der Waals surface area contributed by atoms with Crippen LogP contribution in [0.3, 0.4) is 0 Å². The highest BCUT2D eigenvalue weighted by atomic mass is 32.2. The molecule has 0 aromatic carbocycles. The van der Waals surface area contributed by atoms with Crippen molar-refractivity contribution in [2.45, 2.75) is 25.1 Å². The van der Waals surface area contributed by atoms with E-state index < -0.39 is 9.84 Å². The summed E-state index contributed by atoms with van der Waals surface area (Å²) in [6.45, 7) is 4.27. The molecule has 1 heterocycles. The van der Waals surface area contributed by atoms with Crippen molar-refractivity contribution in [3.05, 3.63) is 0 Å². The largest absolute Gasteiger partial charge is 0.312 e. The fraction of sp³-hybridized carbons (Fsp3) is 1.00. The van der Waals surface area contributed by atoms with E-state index in [4.69, 9.17) is 0 Å². The molecule has 1 aliphatic heterocycles. The average molecular weight is 163 g/mol. The Morgan fingerprint density at radius 2 is 2.00 bits per heavy atom. The van der Waals surface area contributed by atoms with Gasteiger partial charge < -0.3 is 5.32 Å². The van der Waals surface area contributed by atoms with Gasteiger partial charge in [0.05, 0.1) is 11.0 Å². The molecule has 1 saturated heterocycles. The lowest BCUT2D eigenvalue weighted by Crippen LogP contribution is -2.49. The predicted molar refractivity (Wildman–Crippen MR) is 40.7 cm³/mol. The first kappa shape index (κ1) is 8.01. The Balaban J connectivity index is 2.80. The fourth-order valence-corrected chi connectivity index (χ4v) is 2.58. The van der Waals surface area contributed by atoms with Crippen LogP contribution < -0.4 is 5.32 Å². The SMILES string of the molecule is C[C@@H]1NCCS(=O)(=O)[C@@H]1C. The van der Waals surface area contributed by atoms with Crippen molar-refractivity contribution in [2.75, 3.05) is 12.3 Å². The molecule has 0 radical (unpaired) electrons. The predicted octanol–water partition coefficient (Wildman–Crippen LogP) is -0.219. The van der Waals surface area contributed by atoms with Gasteiger partial charge in [0.25, 0.3) is 0 Å². The summed E-state index contributed by atoms with van der Waals surface area (Å²) in [5, 5.41) is 2.89. The van der Waals surface area contributed by atoms with Crippen LogP contribution in [0.5, 0.6) is 0 Å². The molecule has 0 aromatic heterocycles. The molecular weight excluding hydrogens is 150 g/mol. The van der Waals surface area contributed by atoms with Crippen molar-refractivity contribution in [1.29, 1.82) is 0 Å². The summed E-state index contributed by atoms with van der Waals surface area (Å²) < 4.78 is 22.3. The molecule has 1 N–H and O–H groups in total. The van der Waals surface area contributed by atoms with Crippen LogP contribution in [0.2, 0.25) is 0 Å². The Kier molecular flexibility index (Phi) is 2.01. The molecule has 0 saturated carbocycles. The first-order chi connectivity index (χ1) is 4.54. The Hall–Kier alpha value is -0.0900. The summed E-state index contributed by atoms with van der Waals surface area (Å²) >= 11 is 0. The van der Waals surface area contributed by atoms with E-state index in [1.165, 1.54) is 0 Å². The van der Waals surface area contributed by atoms with Gasteiger partial charge >= 0.3 is 0 Å². The molecule has 4 heteroatoms. The molecule has 1 aliphatic rings. The fourth-order valence-electron chi connectivity index (χ4n) is 1.09. The van der Waals surface area contributed by atoms with Crippen LogP contribution in [0.1, 0.15) is 13.8 Å². The maximum absolute atomic E-state index is 11.2. The molecule has 0 bridgehead atoms. The van der Waals surface area contributed by atoms with Crippen LogP contribution in [0.25, 0.3) is 0 Å². The van der Waals surface area contributed by atoms with E-state index in [0.717, 1.165) is 0 Å². The third-order valence-electron chi connectivity index (χ3n) is 2.12. The highest BCUT2D eigenvalue weighted by Gasteiger charge is 2.29. The molecule has 0 amide bonds. The van der Waals surface area contributed by atoms with Crippen molar-refractivity contribution in [3.63, 3.8) is 0 Å². The normalized spacial score (nSPS) is 39.4. The van der Waals surface area contributed by atoms with Gasteiger partial charge in [0.1, 0.15) is 0 Å². The number of sulfone groups is 1. The second-order valence-electron chi connectivity index (χ2n) is 2.81. The van der Waals surface area contributed by atoms with Gasteiger partial charge in [0.15, 0.2) is 9.84 Å². The van der Waals surface area contributed by atoms with Crippen molar-refractivity contribution < 1.29 is 8.42 Å². The molecular formula is C6H13NO2S. The van der Waals surface area contributed by atoms with Crippen molar-refractivity contribution in [3.8, 4) is 0 Å². The molecule has 0 aliphatic carbocycles. The van der Waals surface area contributed by atoms with Crippen LogP contribution in [0.15, 0.2) is 0 Å². The van der Waals surface area contributed by atoms with Gasteiger partial charge in [0.2, 0.25) is 0 Å². The molecule has 0 spiro atoms. The van der Waals surface area contributed by atoms with Crippen LogP contribution >= 0.6 is 0 Å². The zero-order chi connectivity index (χ0) is 7.78. The molecule has 0 unspecified atom stereocenters. The van der Waals surface area contributed by atoms with Crippen LogP contribution in [0, 0.1) is 0 Å². The van der Waals surface area contributed by atoms with Gasteiger partial charge in [-0.05, 0) is 13.8 Å². The first-order valence-electron chi connectivity index (χ1n) is 3.49. The minimum atomic E-state index is -2.77. The Labute approximate surface area is 61.7 Å². The summed E-state index contributed by atoms with van der Waals surface area (Å²) in [7, 11) is -2.77. The van der Waals surface area contributed by atoms with Gasteiger partial charge in [0, 0.05) is 12.6 Å². The zero-order valence-electron chi connectivity index (χ0n) is 6.29. The molecule has 10 heavy (non-hydrogen) atoms. The van der Waals surface area contributed by atoms with Gasteiger partial charge in [-0.2, -0.15) is 0 Å². The highest BCUT2D eigenvalue weighted by molar-refractivity contribution is 7.92. The van der Waals surface area contributed by atoms with Crippen molar-refractivity contribution in [1.82, 2.24) is 5.32 Å². The molecule has 1 rings (SSSR count). The summed E-state index contributed by atoms with van der Waals surface area (Å²) in [5.74, 6) is 0.290. The Bertz CT molecular complexity index is 210. The van der Waals surface area contributed by atoms with E-state index >= 15 is 0 Å². The topological polar surface area (TPSA) is 46.2 Å². The second kappa shape index (κ2) is 2.51.